The van der Waals surface area contributed by atoms with Crippen molar-refractivity contribution in [1.82, 2.24) is 0 Å². The van der Waals surface area contributed by atoms with E-state index in [0.29, 0.717) is 0 Å². The number of carbonyl (C=O) groups excluding carboxylic acids is 4. The monoisotopic (exact) mass is 386 g/mol. The van der Waals surface area contributed by atoms with Crippen molar-refractivity contribution in [2.45, 2.75) is 26.7 Å². The predicted octanol–water partition coefficient (Wildman–Crippen LogP) is 2.26. The molecule has 0 aromatic rings. The summed E-state index contributed by atoms with van der Waals surface area (Å²) in [5.41, 5.74) is 0.756. The zero-order chi connectivity index (χ0) is 20.5. The first-order valence-electron chi connectivity index (χ1n) is 8.00. The maximum atomic E-state index is 12.7. The highest BCUT2D eigenvalue weighted by molar-refractivity contribution is 8.00. The molecule has 0 atom stereocenters. The minimum absolute atomic E-state index is 0.143. The van der Waals surface area contributed by atoms with Crippen LogP contribution in [-0.2, 0) is 29.0 Å². The number of hydrogen-bond donors (Lipinski definition) is 0. The molecule has 0 spiro atoms. The molecule has 0 radical (unpaired) electrons. The average Bonchev–Trinajstić information content (AvgIpc) is 2.59. The molecule has 0 heterocycles. The van der Waals surface area contributed by atoms with Crippen molar-refractivity contribution in [3.05, 3.63) is 69.6 Å². The highest BCUT2D eigenvalue weighted by atomic mass is 32.2. The van der Waals surface area contributed by atoms with Crippen LogP contribution in [0.25, 0.3) is 0 Å². The van der Waals surface area contributed by atoms with Crippen molar-refractivity contribution in [1.29, 1.82) is 0 Å². The standard InChI is InChI=1S/C20H18O6S/c1-11(2)19(23)13-5-7-17(15(21)9-13)27(25,26)18-8-6-14(10-16(18)22)20(24)12(3)4/h5-8H,1,3,9-10H2,2,4H3. The summed E-state index contributed by atoms with van der Waals surface area (Å²) in [7, 11) is -4.36. The lowest BCUT2D eigenvalue weighted by atomic mass is 9.96. The SMILES string of the molecule is C=C(C)C(=O)C1=CC=C(S(=O)(=O)C2=CC=C(C(=O)C(=C)C)CC2=O)C(=O)C1. The van der Waals surface area contributed by atoms with Gasteiger partial charge in [-0.3, -0.25) is 19.2 Å². The molecule has 7 heteroatoms. The highest BCUT2D eigenvalue weighted by Crippen LogP contribution is 2.30. The quantitative estimate of drug-likeness (QED) is 0.649. The first-order chi connectivity index (χ1) is 12.5. The number of Topliss-reactive ketones (excluding diaryl/α,β-unsaturated/α-hetero) is 4. The van der Waals surface area contributed by atoms with Gasteiger partial charge in [-0.25, -0.2) is 8.42 Å². The van der Waals surface area contributed by atoms with Gasteiger partial charge in [-0.1, -0.05) is 25.3 Å². The fourth-order valence-corrected chi connectivity index (χ4v) is 4.11. The van der Waals surface area contributed by atoms with Gasteiger partial charge in [0.2, 0.25) is 9.84 Å². The predicted molar refractivity (Wildman–Crippen MR) is 100 cm³/mol. The van der Waals surface area contributed by atoms with E-state index in [4.69, 9.17) is 0 Å². The molecule has 2 aliphatic rings. The topological polar surface area (TPSA) is 102 Å². The molecule has 0 aromatic heterocycles. The third-order valence-corrected chi connectivity index (χ3v) is 5.95. The lowest BCUT2D eigenvalue weighted by molar-refractivity contribution is -0.117. The minimum atomic E-state index is -4.36. The van der Waals surface area contributed by atoms with Crippen LogP contribution in [0.2, 0.25) is 0 Å². The molecule has 0 saturated carbocycles. The number of ketones is 4. The van der Waals surface area contributed by atoms with E-state index in [1.165, 1.54) is 26.0 Å². The van der Waals surface area contributed by atoms with E-state index < -0.39 is 42.8 Å². The maximum absolute atomic E-state index is 12.7. The van der Waals surface area contributed by atoms with Crippen LogP contribution in [0.15, 0.2) is 69.6 Å². The Kier molecular flexibility index (Phi) is 5.56. The largest absolute Gasteiger partial charge is 0.293 e. The summed E-state index contributed by atoms with van der Waals surface area (Å²) in [6.45, 7) is 9.99. The second kappa shape index (κ2) is 7.36. The third-order valence-electron chi connectivity index (χ3n) is 4.06. The van der Waals surface area contributed by atoms with Gasteiger partial charge in [-0.2, -0.15) is 0 Å². The Hall–Kier alpha value is -2.93. The van der Waals surface area contributed by atoms with Crippen LogP contribution < -0.4 is 0 Å². The van der Waals surface area contributed by atoms with Crippen LogP contribution in [0.1, 0.15) is 26.7 Å². The van der Waals surface area contributed by atoms with Gasteiger partial charge in [0.25, 0.3) is 0 Å². The van der Waals surface area contributed by atoms with E-state index in [2.05, 4.69) is 13.2 Å². The Labute approximate surface area is 157 Å². The molecule has 0 fully saturated rings. The Morgan fingerprint density at radius 3 is 1.37 bits per heavy atom. The van der Waals surface area contributed by atoms with Crippen molar-refractivity contribution >= 4 is 33.0 Å². The Bertz CT molecular complexity index is 964. The molecule has 0 amide bonds. The highest BCUT2D eigenvalue weighted by Gasteiger charge is 2.36. The molecule has 27 heavy (non-hydrogen) atoms. The summed E-state index contributed by atoms with van der Waals surface area (Å²) in [6.07, 6.45) is 3.81. The van der Waals surface area contributed by atoms with Gasteiger partial charge in [0.05, 0.1) is 0 Å². The van der Waals surface area contributed by atoms with Crippen LogP contribution in [-0.4, -0.2) is 31.6 Å². The van der Waals surface area contributed by atoms with E-state index in [1.54, 1.807) is 0 Å². The second-order valence-corrected chi connectivity index (χ2v) is 8.25. The summed E-state index contributed by atoms with van der Waals surface area (Å²) < 4.78 is 25.5. The summed E-state index contributed by atoms with van der Waals surface area (Å²) in [4.78, 5) is 47.3. The van der Waals surface area contributed by atoms with Crippen molar-refractivity contribution in [3.63, 3.8) is 0 Å². The summed E-state index contributed by atoms with van der Waals surface area (Å²) in [5, 5.41) is 0. The van der Waals surface area contributed by atoms with Gasteiger partial charge in [0, 0.05) is 24.0 Å². The van der Waals surface area contributed by atoms with E-state index in [0.717, 1.165) is 12.2 Å². The van der Waals surface area contributed by atoms with E-state index in [1.807, 2.05) is 0 Å². The van der Waals surface area contributed by atoms with Crippen molar-refractivity contribution in [2.75, 3.05) is 0 Å². The summed E-state index contributed by atoms with van der Waals surface area (Å²) in [5.74, 6) is -2.39. The molecular weight excluding hydrogens is 368 g/mol. The molecule has 140 valence electrons. The van der Waals surface area contributed by atoms with Gasteiger partial charge in [0.1, 0.15) is 9.81 Å². The molecule has 6 nitrogen and oxygen atoms in total. The van der Waals surface area contributed by atoms with Crippen molar-refractivity contribution in [3.8, 4) is 0 Å². The molecule has 0 unspecified atom stereocenters. The maximum Gasteiger partial charge on any atom is 0.213 e. The molecule has 0 bridgehead atoms. The van der Waals surface area contributed by atoms with Gasteiger partial charge in [-0.05, 0) is 37.1 Å². The van der Waals surface area contributed by atoms with Crippen LogP contribution >= 0.6 is 0 Å². The van der Waals surface area contributed by atoms with Gasteiger partial charge in [-0.15, -0.1) is 0 Å². The zero-order valence-corrected chi connectivity index (χ0v) is 15.8. The average molecular weight is 386 g/mol. The summed E-state index contributed by atoms with van der Waals surface area (Å²) in [6, 6.07) is 0. The smallest absolute Gasteiger partial charge is 0.213 e. The molecule has 2 rings (SSSR count). The van der Waals surface area contributed by atoms with Crippen molar-refractivity contribution < 1.29 is 27.6 Å². The van der Waals surface area contributed by atoms with E-state index >= 15 is 0 Å². The minimum Gasteiger partial charge on any atom is -0.293 e. The number of hydrogen-bond acceptors (Lipinski definition) is 6. The zero-order valence-electron chi connectivity index (χ0n) is 15.0. The molecule has 2 aliphatic carbocycles. The van der Waals surface area contributed by atoms with Gasteiger partial charge in [0.15, 0.2) is 23.1 Å². The number of carbonyl (C=O) groups is 4. The van der Waals surface area contributed by atoms with E-state index in [9.17, 15) is 27.6 Å². The molecule has 0 aliphatic heterocycles. The lowest BCUT2D eigenvalue weighted by Crippen LogP contribution is -2.25. The fourth-order valence-electron chi connectivity index (χ4n) is 2.63. The van der Waals surface area contributed by atoms with Gasteiger partial charge < -0.3 is 0 Å². The molecular formula is C20H18O6S. The normalized spacial score (nSPS) is 17.4. The van der Waals surface area contributed by atoms with Crippen LogP contribution in [0.5, 0.6) is 0 Å². The number of rotatable bonds is 6. The Morgan fingerprint density at radius 2 is 1.11 bits per heavy atom. The summed E-state index contributed by atoms with van der Waals surface area (Å²) >= 11 is 0. The first kappa shape index (κ1) is 20.4. The van der Waals surface area contributed by atoms with Gasteiger partial charge >= 0.3 is 0 Å². The Morgan fingerprint density at radius 1 is 0.778 bits per heavy atom. The molecule has 0 aromatic carbocycles. The van der Waals surface area contributed by atoms with Crippen LogP contribution in [0.4, 0.5) is 0 Å². The van der Waals surface area contributed by atoms with Crippen LogP contribution in [0.3, 0.4) is 0 Å². The second-order valence-electron chi connectivity index (χ2n) is 6.37. The number of allylic oxidation sites excluding steroid dienone is 10. The fraction of sp³-hybridized carbons (Fsp3) is 0.200. The van der Waals surface area contributed by atoms with E-state index in [-0.39, 0.29) is 35.1 Å². The molecule has 0 saturated heterocycles. The van der Waals surface area contributed by atoms with Crippen LogP contribution in [0, 0.1) is 0 Å². The molecule has 0 N–H and O–H groups in total. The lowest BCUT2D eigenvalue weighted by Gasteiger charge is -2.17. The Balaban J connectivity index is 2.44. The van der Waals surface area contributed by atoms with Crippen molar-refractivity contribution in [2.24, 2.45) is 0 Å². The number of sulfone groups is 1. The first-order valence-corrected chi connectivity index (χ1v) is 9.48. The third kappa shape index (κ3) is 3.93.